The van der Waals surface area contributed by atoms with Crippen molar-refractivity contribution in [1.29, 1.82) is 0 Å². The summed E-state index contributed by atoms with van der Waals surface area (Å²) in [5.74, 6) is 0.911. The lowest BCUT2D eigenvalue weighted by molar-refractivity contribution is 0.143. The van der Waals surface area contributed by atoms with Gasteiger partial charge in [0.05, 0.1) is 5.01 Å². The maximum absolute atomic E-state index is 5.33. The Morgan fingerprint density at radius 2 is 2.14 bits per heavy atom. The molecule has 0 aliphatic rings. The molecule has 0 aromatic carbocycles. The Hall–Kier alpha value is -1.14. The molecule has 0 atom stereocenters. The molecule has 0 aliphatic carbocycles. The number of nitrogens with one attached hydrogen (secondary N) is 2. The minimum atomic E-state index is 0.802. The van der Waals surface area contributed by atoms with Gasteiger partial charge >= 0.3 is 0 Å². The zero-order valence-corrected chi connectivity index (χ0v) is 15.0. The summed E-state index contributed by atoms with van der Waals surface area (Å²) in [6, 6.07) is 0. The second-order valence-electron chi connectivity index (χ2n) is 5.08. The number of hydrogen-bond acceptors (Lipinski definition) is 4. The predicted molar refractivity (Wildman–Crippen MR) is 94.9 cm³/mol. The molecule has 126 valence electrons. The molecule has 0 unspecified atom stereocenters. The molecule has 1 rings (SSSR count). The van der Waals surface area contributed by atoms with Crippen molar-refractivity contribution in [2.75, 3.05) is 32.8 Å². The molecule has 22 heavy (non-hydrogen) atoms. The normalized spacial score (nSPS) is 11.7. The van der Waals surface area contributed by atoms with Crippen molar-refractivity contribution in [3.05, 3.63) is 16.1 Å². The molecule has 1 heterocycles. The third-order valence-corrected chi connectivity index (χ3v) is 4.07. The zero-order chi connectivity index (χ0) is 16.0. The first-order valence-electron chi connectivity index (χ1n) is 8.27. The Balaban J connectivity index is 2.17. The average Bonchev–Trinajstić information content (AvgIpc) is 2.92. The van der Waals surface area contributed by atoms with E-state index in [2.05, 4.69) is 32.9 Å². The minimum Gasteiger partial charge on any atom is -0.382 e. The van der Waals surface area contributed by atoms with Gasteiger partial charge in [0.1, 0.15) is 0 Å². The van der Waals surface area contributed by atoms with Crippen LogP contribution >= 0.6 is 11.3 Å². The van der Waals surface area contributed by atoms with Crippen LogP contribution in [0.4, 0.5) is 0 Å². The molecule has 6 heteroatoms. The van der Waals surface area contributed by atoms with E-state index in [1.807, 2.05) is 13.8 Å². The van der Waals surface area contributed by atoms with Gasteiger partial charge in [0.2, 0.25) is 0 Å². The molecule has 0 amide bonds. The second kappa shape index (κ2) is 12.4. The molecule has 0 aliphatic heterocycles. The Labute approximate surface area is 138 Å². The number of aliphatic imine (C=N–C) groups is 1. The van der Waals surface area contributed by atoms with Crippen molar-refractivity contribution in [3.63, 3.8) is 0 Å². The van der Waals surface area contributed by atoms with Gasteiger partial charge in [-0.2, -0.15) is 0 Å². The lowest BCUT2D eigenvalue weighted by Crippen LogP contribution is -2.38. The molecule has 0 bridgehead atoms. The highest BCUT2D eigenvalue weighted by Crippen LogP contribution is 2.10. The van der Waals surface area contributed by atoms with Crippen molar-refractivity contribution in [2.45, 2.75) is 46.5 Å². The molecule has 0 fully saturated rings. The van der Waals surface area contributed by atoms with Crippen molar-refractivity contribution in [1.82, 2.24) is 15.6 Å². The summed E-state index contributed by atoms with van der Waals surface area (Å²) in [4.78, 5) is 9.09. The smallest absolute Gasteiger partial charge is 0.191 e. The van der Waals surface area contributed by atoms with Crippen LogP contribution in [-0.2, 0) is 11.2 Å². The summed E-state index contributed by atoms with van der Waals surface area (Å²) in [5, 5.41) is 9.97. The summed E-state index contributed by atoms with van der Waals surface area (Å²) in [5.41, 5.74) is 1.12. The van der Waals surface area contributed by atoms with Gasteiger partial charge in [0, 0.05) is 50.3 Å². The van der Waals surface area contributed by atoms with Crippen LogP contribution in [0.15, 0.2) is 10.4 Å². The van der Waals surface area contributed by atoms with Crippen LogP contribution in [0.2, 0.25) is 0 Å². The molecule has 0 spiro atoms. The maximum atomic E-state index is 5.33. The van der Waals surface area contributed by atoms with Crippen LogP contribution in [0.3, 0.4) is 0 Å². The molecule has 1 aromatic rings. The van der Waals surface area contributed by atoms with Gasteiger partial charge in [-0.05, 0) is 40.0 Å². The molecule has 5 nitrogen and oxygen atoms in total. The molecule has 0 radical (unpaired) electrons. The lowest BCUT2D eigenvalue weighted by Gasteiger charge is -2.11. The van der Waals surface area contributed by atoms with Crippen molar-refractivity contribution in [3.8, 4) is 0 Å². The van der Waals surface area contributed by atoms with Crippen LogP contribution in [0.25, 0.3) is 0 Å². The summed E-state index contributed by atoms with van der Waals surface area (Å²) in [6.45, 7) is 10.5. The number of hydrogen-bond donors (Lipinski definition) is 2. The fourth-order valence-corrected chi connectivity index (χ4v) is 2.78. The van der Waals surface area contributed by atoms with E-state index in [4.69, 9.17) is 4.74 Å². The summed E-state index contributed by atoms with van der Waals surface area (Å²) < 4.78 is 5.33. The third kappa shape index (κ3) is 9.00. The zero-order valence-electron chi connectivity index (χ0n) is 14.2. The van der Waals surface area contributed by atoms with Gasteiger partial charge in [0.25, 0.3) is 0 Å². The van der Waals surface area contributed by atoms with E-state index in [-0.39, 0.29) is 0 Å². The van der Waals surface area contributed by atoms with Gasteiger partial charge in [-0.15, -0.1) is 11.3 Å². The number of rotatable bonds is 11. The van der Waals surface area contributed by atoms with Crippen LogP contribution in [0.1, 0.15) is 43.8 Å². The van der Waals surface area contributed by atoms with Gasteiger partial charge in [-0.25, -0.2) is 4.98 Å². The Kier molecular flexibility index (Phi) is 10.7. The van der Waals surface area contributed by atoms with Gasteiger partial charge in [0.15, 0.2) is 5.96 Å². The number of unbranched alkanes of at least 4 members (excludes halogenated alkanes) is 1. The molecular formula is C16H30N4OS. The van der Waals surface area contributed by atoms with Crippen LogP contribution in [-0.4, -0.2) is 43.8 Å². The SMILES string of the molecule is CCNC(=NCCCc1nc(C)cs1)NCCCCOCC. The number of aromatic nitrogens is 1. The Bertz CT molecular complexity index is 420. The van der Waals surface area contributed by atoms with Gasteiger partial charge in [-0.1, -0.05) is 0 Å². The van der Waals surface area contributed by atoms with Gasteiger partial charge < -0.3 is 15.4 Å². The van der Waals surface area contributed by atoms with Crippen molar-refractivity contribution < 1.29 is 4.74 Å². The van der Waals surface area contributed by atoms with E-state index < -0.39 is 0 Å². The minimum absolute atomic E-state index is 0.802. The standard InChI is InChI=1S/C16H30N4OS/c1-4-17-16(18-10-6-7-12-21-5-2)19-11-8-9-15-20-14(3)13-22-15/h13H,4-12H2,1-3H3,(H2,17,18,19). The van der Waals surface area contributed by atoms with E-state index in [9.17, 15) is 0 Å². The third-order valence-electron chi connectivity index (χ3n) is 3.04. The number of guanidine groups is 1. The fourth-order valence-electron chi connectivity index (χ4n) is 1.96. The summed E-state index contributed by atoms with van der Waals surface area (Å²) in [6.07, 6.45) is 4.23. The lowest BCUT2D eigenvalue weighted by atomic mass is 10.3. The van der Waals surface area contributed by atoms with E-state index in [1.165, 1.54) is 5.01 Å². The maximum Gasteiger partial charge on any atom is 0.191 e. The van der Waals surface area contributed by atoms with Crippen molar-refractivity contribution in [2.24, 2.45) is 4.99 Å². The van der Waals surface area contributed by atoms with Crippen LogP contribution < -0.4 is 10.6 Å². The van der Waals surface area contributed by atoms with Crippen molar-refractivity contribution >= 4 is 17.3 Å². The van der Waals surface area contributed by atoms with Crippen LogP contribution in [0, 0.1) is 6.92 Å². The Morgan fingerprint density at radius 1 is 1.27 bits per heavy atom. The first-order chi connectivity index (χ1) is 10.8. The summed E-state index contributed by atoms with van der Waals surface area (Å²) in [7, 11) is 0. The quantitative estimate of drug-likeness (QED) is 0.373. The van der Waals surface area contributed by atoms with Gasteiger partial charge in [-0.3, -0.25) is 4.99 Å². The topological polar surface area (TPSA) is 58.5 Å². The summed E-state index contributed by atoms with van der Waals surface area (Å²) >= 11 is 1.74. The average molecular weight is 327 g/mol. The molecular weight excluding hydrogens is 296 g/mol. The molecule has 2 N–H and O–H groups in total. The molecule has 0 saturated heterocycles. The van der Waals surface area contributed by atoms with E-state index >= 15 is 0 Å². The number of nitrogens with zero attached hydrogens (tertiary/aromatic N) is 2. The first-order valence-corrected chi connectivity index (χ1v) is 9.15. The van der Waals surface area contributed by atoms with Crippen LogP contribution in [0.5, 0.6) is 0 Å². The van der Waals surface area contributed by atoms with E-state index in [0.717, 1.165) is 70.2 Å². The first kappa shape index (κ1) is 18.9. The highest BCUT2D eigenvalue weighted by atomic mass is 32.1. The number of ether oxygens (including phenoxy) is 1. The predicted octanol–water partition coefficient (Wildman–Crippen LogP) is 2.76. The number of thiazole rings is 1. The number of aryl methyl sites for hydroxylation is 2. The Morgan fingerprint density at radius 3 is 2.82 bits per heavy atom. The highest BCUT2D eigenvalue weighted by molar-refractivity contribution is 7.09. The van der Waals surface area contributed by atoms with E-state index in [1.54, 1.807) is 11.3 Å². The van der Waals surface area contributed by atoms with E-state index in [0.29, 0.717) is 0 Å². The molecule has 1 aromatic heterocycles. The second-order valence-corrected chi connectivity index (χ2v) is 6.02. The monoisotopic (exact) mass is 326 g/mol. The molecule has 0 saturated carbocycles. The largest absolute Gasteiger partial charge is 0.382 e. The highest BCUT2D eigenvalue weighted by Gasteiger charge is 1.99. The fraction of sp³-hybridized carbons (Fsp3) is 0.750.